The summed E-state index contributed by atoms with van der Waals surface area (Å²) in [4.78, 5) is 29.2. The molecule has 2 aromatic carbocycles. The molecule has 1 heterocycles. The van der Waals surface area contributed by atoms with E-state index >= 15 is 0 Å². The lowest BCUT2D eigenvalue weighted by atomic mass is 10.1. The van der Waals surface area contributed by atoms with E-state index in [1.54, 1.807) is 0 Å². The summed E-state index contributed by atoms with van der Waals surface area (Å²) in [6.07, 6.45) is 0. The van der Waals surface area contributed by atoms with Gasteiger partial charge in [0.25, 0.3) is 0 Å². The largest absolute Gasteiger partial charge is 0.357 e. The number of aromatic nitrogens is 2. The summed E-state index contributed by atoms with van der Waals surface area (Å²) in [7, 11) is 1.40. The van der Waals surface area contributed by atoms with Crippen LogP contribution in [0.2, 0.25) is 0 Å². The molecule has 0 saturated heterocycles. The summed E-state index contributed by atoms with van der Waals surface area (Å²) in [6.45, 7) is 2.68. The lowest BCUT2D eigenvalue weighted by molar-refractivity contribution is -0.127. The van der Waals surface area contributed by atoms with Crippen LogP contribution < -0.4 is 10.6 Å². The van der Waals surface area contributed by atoms with Gasteiger partial charge in [-0.1, -0.05) is 30.0 Å². The van der Waals surface area contributed by atoms with Gasteiger partial charge in [0, 0.05) is 13.6 Å². The summed E-state index contributed by atoms with van der Waals surface area (Å²) in [5, 5.41) is 5.68. The Kier molecular flexibility index (Phi) is 6.48. The highest BCUT2D eigenvalue weighted by atomic mass is 32.2. The van der Waals surface area contributed by atoms with Crippen molar-refractivity contribution in [1.82, 2.24) is 20.2 Å². The van der Waals surface area contributed by atoms with Crippen molar-refractivity contribution < 1.29 is 18.4 Å². The van der Waals surface area contributed by atoms with E-state index in [2.05, 4.69) is 15.6 Å². The Labute approximate surface area is 170 Å². The molecule has 152 valence electrons. The zero-order valence-electron chi connectivity index (χ0n) is 15.9. The van der Waals surface area contributed by atoms with Crippen molar-refractivity contribution in [1.29, 1.82) is 0 Å². The van der Waals surface area contributed by atoms with E-state index in [0.717, 1.165) is 23.2 Å². The Morgan fingerprint density at radius 2 is 1.93 bits per heavy atom. The molecule has 3 aromatic rings. The van der Waals surface area contributed by atoms with E-state index < -0.39 is 29.5 Å². The zero-order chi connectivity index (χ0) is 21.0. The maximum absolute atomic E-state index is 13.6. The number of para-hydroxylation sites is 2. The third kappa shape index (κ3) is 4.56. The van der Waals surface area contributed by atoms with Gasteiger partial charge >= 0.3 is 0 Å². The standard InChI is InChI=1S/C20H20F2N4O2S/c1-3-26-16-7-5-4-6-15(16)24-20(26)29-11-17(27)25-18(19(28)23-2)12-8-9-13(21)14(22)10-12/h4-10,18H,3,11H2,1-2H3,(H,23,28)(H,25,27). The van der Waals surface area contributed by atoms with Gasteiger partial charge in [0.1, 0.15) is 6.04 Å². The molecule has 9 heteroatoms. The number of imidazole rings is 1. The Balaban J connectivity index is 1.74. The van der Waals surface area contributed by atoms with Crippen molar-refractivity contribution in [3.8, 4) is 0 Å². The Morgan fingerprint density at radius 3 is 2.62 bits per heavy atom. The first kappa shape index (κ1) is 20.8. The van der Waals surface area contributed by atoms with Crippen LogP contribution in [0.4, 0.5) is 8.78 Å². The molecular weight excluding hydrogens is 398 g/mol. The predicted molar refractivity (Wildman–Crippen MR) is 107 cm³/mol. The molecule has 0 fully saturated rings. The van der Waals surface area contributed by atoms with E-state index in [1.165, 1.54) is 24.9 Å². The van der Waals surface area contributed by atoms with Gasteiger partial charge in [0.05, 0.1) is 16.8 Å². The average Bonchev–Trinajstić information content (AvgIpc) is 3.09. The molecule has 1 atom stereocenters. The van der Waals surface area contributed by atoms with Crippen LogP contribution in [0.1, 0.15) is 18.5 Å². The number of amides is 2. The number of likely N-dealkylation sites (N-methyl/N-ethyl adjacent to an activating group) is 1. The van der Waals surface area contributed by atoms with Crippen LogP contribution in [0.5, 0.6) is 0 Å². The highest BCUT2D eigenvalue weighted by Gasteiger charge is 2.23. The average molecular weight is 418 g/mol. The number of carbonyl (C=O) groups excluding carboxylic acids is 2. The van der Waals surface area contributed by atoms with Gasteiger partial charge in [-0.2, -0.15) is 0 Å². The highest BCUT2D eigenvalue weighted by Crippen LogP contribution is 2.24. The minimum Gasteiger partial charge on any atom is -0.357 e. The summed E-state index contributed by atoms with van der Waals surface area (Å²) in [6, 6.07) is 9.64. The number of nitrogens with one attached hydrogen (secondary N) is 2. The Morgan fingerprint density at radius 1 is 1.17 bits per heavy atom. The zero-order valence-corrected chi connectivity index (χ0v) is 16.7. The van der Waals surface area contributed by atoms with Crippen molar-refractivity contribution in [2.24, 2.45) is 0 Å². The Bertz CT molecular complexity index is 1050. The molecule has 0 bridgehead atoms. The third-order valence-electron chi connectivity index (χ3n) is 4.36. The number of benzene rings is 2. The number of hydrogen-bond donors (Lipinski definition) is 2. The van der Waals surface area contributed by atoms with Gasteiger partial charge in [0.2, 0.25) is 11.8 Å². The number of fused-ring (bicyclic) bond motifs is 1. The number of carbonyl (C=O) groups is 2. The molecule has 0 aliphatic rings. The minimum atomic E-state index is -1.13. The molecule has 1 aromatic heterocycles. The van der Waals surface area contributed by atoms with Crippen LogP contribution in [0, 0.1) is 11.6 Å². The highest BCUT2D eigenvalue weighted by molar-refractivity contribution is 7.99. The molecule has 0 aliphatic heterocycles. The minimum absolute atomic E-state index is 0.0144. The third-order valence-corrected chi connectivity index (χ3v) is 5.34. The quantitative estimate of drug-likeness (QED) is 0.579. The van der Waals surface area contributed by atoms with Crippen molar-refractivity contribution in [2.45, 2.75) is 24.7 Å². The smallest absolute Gasteiger partial charge is 0.246 e. The summed E-state index contributed by atoms with van der Waals surface area (Å²) >= 11 is 1.24. The van der Waals surface area contributed by atoms with E-state index in [4.69, 9.17) is 0 Å². The number of aryl methyl sites for hydroxylation is 1. The van der Waals surface area contributed by atoms with Crippen LogP contribution in [0.3, 0.4) is 0 Å². The van der Waals surface area contributed by atoms with Crippen LogP contribution >= 0.6 is 11.8 Å². The molecule has 6 nitrogen and oxygen atoms in total. The summed E-state index contributed by atoms with van der Waals surface area (Å²) < 4.78 is 28.8. The lowest BCUT2D eigenvalue weighted by Gasteiger charge is -2.18. The van der Waals surface area contributed by atoms with Crippen molar-refractivity contribution in [2.75, 3.05) is 12.8 Å². The maximum Gasteiger partial charge on any atom is 0.246 e. The molecule has 0 radical (unpaired) electrons. The molecule has 1 unspecified atom stereocenters. The summed E-state index contributed by atoms with van der Waals surface area (Å²) in [5.74, 6) is -3.06. The molecule has 3 rings (SSSR count). The number of rotatable bonds is 7. The van der Waals surface area contributed by atoms with Gasteiger partial charge in [-0.3, -0.25) is 9.59 Å². The molecule has 0 aliphatic carbocycles. The van der Waals surface area contributed by atoms with Gasteiger partial charge in [-0.05, 0) is 36.8 Å². The van der Waals surface area contributed by atoms with Gasteiger partial charge in [0.15, 0.2) is 16.8 Å². The monoisotopic (exact) mass is 418 g/mol. The molecule has 0 spiro atoms. The van der Waals surface area contributed by atoms with Crippen LogP contribution in [-0.2, 0) is 16.1 Å². The van der Waals surface area contributed by atoms with E-state index in [0.29, 0.717) is 11.7 Å². The van der Waals surface area contributed by atoms with Crippen LogP contribution in [-0.4, -0.2) is 34.2 Å². The van der Waals surface area contributed by atoms with E-state index in [-0.39, 0.29) is 11.3 Å². The predicted octanol–water partition coefficient (Wildman–Crippen LogP) is 3.03. The number of halogens is 2. The van der Waals surface area contributed by atoms with Gasteiger partial charge in [-0.15, -0.1) is 0 Å². The summed E-state index contributed by atoms with van der Waals surface area (Å²) in [5.41, 5.74) is 1.97. The number of hydrogen-bond acceptors (Lipinski definition) is 4. The van der Waals surface area contributed by atoms with Crippen LogP contribution in [0.15, 0.2) is 47.6 Å². The number of thioether (sulfide) groups is 1. The topological polar surface area (TPSA) is 76.0 Å². The second-order valence-corrected chi connectivity index (χ2v) is 7.15. The van der Waals surface area contributed by atoms with Gasteiger partial charge in [-0.25, -0.2) is 13.8 Å². The molecular formula is C20H20F2N4O2S. The second kappa shape index (κ2) is 9.04. The van der Waals surface area contributed by atoms with Gasteiger partial charge < -0.3 is 15.2 Å². The first-order chi connectivity index (χ1) is 13.9. The fraction of sp³-hybridized carbons (Fsp3) is 0.250. The maximum atomic E-state index is 13.6. The second-order valence-electron chi connectivity index (χ2n) is 6.20. The Hall–Kier alpha value is -2.94. The fourth-order valence-corrected chi connectivity index (χ4v) is 3.83. The normalized spacial score (nSPS) is 12.0. The SMILES string of the molecule is CCn1c(SCC(=O)NC(C(=O)NC)c2ccc(F)c(F)c2)nc2ccccc21. The molecule has 2 amide bonds. The molecule has 29 heavy (non-hydrogen) atoms. The lowest BCUT2D eigenvalue weighted by Crippen LogP contribution is -2.39. The van der Waals surface area contributed by atoms with Crippen LogP contribution in [0.25, 0.3) is 11.0 Å². The molecule has 0 saturated carbocycles. The fourth-order valence-electron chi connectivity index (χ4n) is 2.94. The van der Waals surface area contributed by atoms with Crippen molar-refractivity contribution in [3.05, 3.63) is 59.7 Å². The van der Waals surface area contributed by atoms with E-state index in [9.17, 15) is 18.4 Å². The first-order valence-corrected chi connectivity index (χ1v) is 9.97. The first-order valence-electron chi connectivity index (χ1n) is 8.98. The van der Waals surface area contributed by atoms with Crippen molar-refractivity contribution in [3.63, 3.8) is 0 Å². The number of nitrogens with zero attached hydrogens (tertiary/aromatic N) is 2. The van der Waals surface area contributed by atoms with E-state index in [1.807, 2.05) is 35.8 Å². The molecule has 2 N–H and O–H groups in total. The van der Waals surface area contributed by atoms with Crippen molar-refractivity contribution >= 4 is 34.6 Å².